The molecule has 0 aliphatic rings. The second-order valence-electron chi connectivity index (χ2n) is 5.45. The van der Waals surface area contributed by atoms with Gasteiger partial charge in [-0.1, -0.05) is 37.1 Å². The van der Waals surface area contributed by atoms with Crippen LogP contribution in [0, 0.1) is 6.92 Å². The fourth-order valence-electron chi connectivity index (χ4n) is 2.64. The molecule has 0 heterocycles. The molecule has 0 radical (unpaired) electrons. The molecule has 0 bridgehead atoms. The number of ether oxygens (including phenoxy) is 2. The topological polar surface area (TPSA) is 18.5 Å². The van der Waals surface area contributed by atoms with Crippen molar-refractivity contribution in [1.82, 2.24) is 0 Å². The first kappa shape index (κ1) is 17.0. The smallest absolute Gasteiger partial charge is 0.130 e. The molecule has 0 saturated heterocycles. The average Bonchev–Trinajstić information content (AvgIpc) is 2.54. The van der Waals surface area contributed by atoms with Gasteiger partial charge in [-0.2, -0.15) is 0 Å². The quantitative estimate of drug-likeness (QED) is 0.434. The summed E-state index contributed by atoms with van der Waals surface area (Å²) in [5.41, 5.74) is 1.12. The number of hydrogen-bond donors (Lipinski definition) is 0. The van der Waals surface area contributed by atoms with Gasteiger partial charge in [0, 0.05) is 16.7 Å². The summed E-state index contributed by atoms with van der Waals surface area (Å²) < 4.78 is 11.8. The van der Waals surface area contributed by atoms with Crippen molar-refractivity contribution in [3.8, 4) is 11.5 Å². The van der Waals surface area contributed by atoms with E-state index in [2.05, 4.69) is 25.1 Å². The van der Waals surface area contributed by atoms with E-state index in [0.29, 0.717) is 6.61 Å². The van der Waals surface area contributed by atoms with Crippen molar-refractivity contribution in [2.75, 3.05) is 19.1 Å². The molecule has 120 valence electrons. The minimum Gasteiger partial charge on any atom is -0.493 e. The Hall–Kier alpha value is -1.41. The largest absolute Gasteiger partial charge is 0.493 e. The molecule has 2 aromatic rings. The molecule has 0 saturated carbocycles. The van der Waals surface area contributed by atoms with E-state index in [9.17, 15) is 0 Å². The van der Waals surface area contributed by atoms with Crippen LogP contribution in [0.2, 0.25) is 0 Å². The Morgan fingerprint density at radius 2 is 1.68 bits per heavy atom. The van der Waals surface area contributed by atoms with Crippen LogP contribution >= 0.6 is 11.6 Å². The van der Waals surface area contributed by atoms with Gasteiger partial charge in [0.2, 0.25) is 0 Å². The molecule has 0 N–H and O–H groups in total. The van der Waals surface area contributed by atoms with Crippen molar-refractivity contribution in [1.29, 1.82) is 0 Å². The van der Waals surface area contributed by atoms with E-state index in [1.807, 2.05) is 19.1 Å². The first-order valence-electron chi connectivity index (χ1n) is 8.11. The molecule has 2 nitrogen and oxygen atoms in total. The van der Waals surface area contributed by atoms with Crippen molar-refractivity contribution in [3.63, 3.8) is 0 Å². The van der Waals surface area contributed by atoms with Crippen LogP contribution in [0.15, 0.2) is 30.3 Å². The van der Waals surface area contributed by atoms with Crippen LogP contribution in [0.1, 0.15) is 38.2 Å². The Kier molecular flexibility index (Phi) is 6.85. The van der Waals surface area contributed by atoms with Crippen molar-refractivity contribution >= 4 is 22.4 Å². The molecule has 0 unspecified atom stereocenters. The third kappa shape index (κ3) is 4.30. The highest BCUT2D eigenvalue weighted by molar-refractivity contribution is 6.17. The summed E-state index contributed by atoms with van der Waals surface area (Å²) in [4.78, 5) is 0. The molecule has 3 heteroatoms. The fourth-order valence-corrected chi connectivity index (χ4v) is 2.82. The fraction of sp³-hybridized carbons (Fsp3) is 0.474. The zero-order valence-corrected chi connectivity index (χ0v) is 14.3. The minimum atomic E-state index is 0.672. The number of hydrogen-bond acceptors (Lipinski definition) is 2. The SMILES string of the molecule is CCOc1c(C)cc(OCCCCCCCl)c2ccccc12. The first-order chi connectivity index (χ1) is 10.8. The third-order valence-electron chi connectivity index (χ3n) is 3.72. The Balaban J connectivity index is 2.11. The molecule has 0 aliphatic carbocycles. The summed E-state index contributed by atoms with van der Waals surface area (Å²) in [6, 6.07) is 10.4. The van der Waals surface area contributed by atoms with E-state index >= 15 is 0 Å². The highest BCUT2D eigenvalue weighted by atomic mass is 35.5. The molecular weight excluding hydrogens is 296 g/mol. The summed E-state index contributed by atoms with van der Waals surface area (Å²) in [7, 11) is 0. The molecule has 22 heavy (non-hydrogen) atoms. The lowest BCUT2D eigenvalue weighted by atomic mass is 10.0. The normalized spacial score (nSPS) is 10.9. The van der Waals surface area contributed by atoms with Gasteiger partial charge in [0.05, 0.1) is 13.2 Å². The van der Waals surface area contributed by atoms with E-state index in [1.165, 1.54) is 12.8 Å². The highest BCUT2D eigenvalue weighted by Crippen LogP contribution is 2.36. The van der Waals surface area contributed by atoms with E-state index in [4.69, 9.17) is 21.1 Å². The van der Waals surface area contributed by atoms with Crippen LogP contribution in [-0.2, 0) is 0 Å². The maximum Gasteiger partial charge on any atom is 0.130 e. The van der Waals surface area contributed by atoms with E-state index < -0.39 is 0 Å². The highest BCUT2D eigenvalue weighted by Gasteiger charge is 2.11. The number of benzene rings is 2. The standard InChI is InChI=1S/C19H25ClO2/c1-3-21-19-15(2)14-18(16-10-6-7-11-17(16)19)22-13-9-5-4-8-12-20/h6-7,10-11,14H,3-5,8-9,12-13H2,1-2H3. The molecular formula is C19H25ClO2. The molecule has 0 aliphatic heterocycles. The Morgan fingerprint density at radius 1 is 0.955 bits per heavy atom. The van der Waals surface area contributed by atoms with Crippen LogP contribution in [0.4, 0.5) is 0 Å². The van der Waals surface area contributed by atoms with Crippen molar-refractivity contribution in [2.45, 2.75) is 39.5 Å². The third-order valence-corrected chi connectivity index (χ3v) is 3.98. The van der Waals surface area contributed by atoms with Crippen LogP contribution < -0.4 is 9.47 Å². The van der Waals surface area contributed by atoms with Crippen molar-refractivity contribution < 1.29 is 9.47 Å². The molecule has 0 aromatic heterocycles. The van der Waals surface area contributed by atoms with Crippen LogP contribution in [0.25, 0.3) is 10.8 Å². The van der Waals surface area contributed by atoms with Gasteiger partial charge in [-0.3, -0.25) is 0 Å². The summed E-state index contributed by atoms with van der Waals surface area (Å²) in [6.45, 7) is 5.51. The summed E-state index contributed by atoms with van der Waals surface area (Å²) >= 11 is 5.69. The lowest BCUT2D eigenvalue weighted by Gasteiger charge is -2.15. The molecule has 0 atom stereocenters. The van der Waals surface area contributed by atoms with Gasteiger partial charge < -0.3 is 9.47 Å². The van der Waals surface area contributed by atoms with Gasteiger partial charge in [0.1, 0.15) is 11.5 Å². The number of halogens is 1. The van der Waals surface area contributed by atoms with Gasteiger partial charge in [0.15, 0.2) is 0 Å². The second kappa shape index (κ2) is 8.89. The Bertz CT molecular complexity index is 595. The summed E-state index contributed by atoms with van der Waals surface area (Å²) in [6.07, 6.45) is 4.50. The van der Waals surface area contributed by atoms with Gasteiger partial charge >= 0.3 is 0 Å². The Morgan fingerprint density at radius 3 is 2.41 bits per heavy atom. The van der Waals surface area contributed by atoms with Gasteiger partial charge in [-0.15, -0.1) is 11.6 Å². The summed E-state index contributed by atoms with van der Waals surface area (Å²) in [5, 5.41) is 2.25. The van der Waals surface area contributed by atoms with Crippen LogP contribution in [-0.4, -0.2) is 19.1 Å². The number of aryl methyl sites for hydroxylation is 1. The number of alkyl halides is 1. The molecule has 2 rings (SSSR count). The Labute approximate surface area is 138 Å². The zero-order chi connectivity index (χ0) is 15.8. The number of fused-ring (bicyclic) bond motifs is 1. The maximum absolute atomic E-state index is 6.02. The van der Waals surface area contributed by atoms with Gasteiger partial charge in [-0.25, -0.2) is 0 Å². The van der Waals surface area contributed by atoms with E-state index in [0.717, 1.165) is 53.2 Å². The van der Waals surface area contributed by atoms with E-state index in [-0.39, 0.29) is 0 Å². The minimum absolute atomic E-state index is 0.672. The zero-order valence-electron chi connectivity index (χ0n) is 13.5. The number of rotatable bonds is 9. The van der Waals surface area contributed by atoms with Crippen molar-refractivity contribution in [2.24, 2.45) is 0 Å². The van der Waals surface area contributed by atoms with Gasteiger partial charge in [-0.05, 0) is 38.3 Å². The molecule has 0 amide bonds. The summed E-state index contributed by atoms with van der Waals surface area (Å²) in [5.74, 6) is 2.67. The van der Waals surface area contributed by atoms with Crippen LogP contribution in [0.5, 0.6) is 11.5 Å². The predicted octanol–water partition coefficient (Wildman–Crippen LogP) is 5.72. The maximum atomic E-state index is 6.02. The van der Waals surface area contributed by atoms with Crippen LogP contribution in [0.3, 0.4) is 0 Å². The number of unbranched alkanes of at least 4 members (excludes halogenated alkanes) is 3. The average molecular weight is 321 g/mol. The van der Waals surface area contributed by atoms with Crippen molar-refractivity contribution in [3.05, 3.63) is 35.9 Å². The second-order valence-corrected chi connectivity index (χ2v) is 5.83. The monoisotopic (exact) mass is 320 g/mol. The molecule has 0 spiro atoms. The lowest BCUT2D eigenvalue weighted by Crippen LogP contribution is -2.01. The molecule has 2 aromatic carbocycles. The van der Waals surface area contributed by atoms with E-state index in [1.54, 1.807) is 0 Å². The first-order valence-corrected chi connectivity index (χ1v) is 8.65. The van der Waals surface area contributed by atoms with Gasteiger partial charge in [0.25, 0.3) is 0 Å². The lowest BCUT2D eigenvalue weighted by molar-refractivity contribution is 0.307. The predicted molar refractivity (Wildman–Crippen MR) is 94.5 cm³/mol. The molecule has 0 fully saturated rings.